The number of rotatable bonds is 3. The highest BCUT2D eigenvalue weighted by molar-refractivity contribution is 5.71. The van der Waals surface area contributed by atoms with Crippen molar-refractivity contribution in [3.05, 3.63) is 59.7 Å². The van der Waals surface area contributed by atoms with Crippen molar-refractivity contribution in [1.29, 1.82) is 0 Å². The topological polar surface area (TPSA) is 26.0 Å². The van der Waals surface area contributed by atoms with Crippen LogP contribution in [0.3, 0.4) is 0 Å². The molecule has 1 heteroatoms. The first-order chi connectivity index (χ1) is 8.90. The van der Waals surface area contributed by atoms with Gasteiger partial charge in [0.05, 0.1) is 0 Å². The summed E-state index contributed by atoms with van der Waals surface area (Å²) in [5.41, 5.74) is 11.3. The second-order valence-electron chi connectivity index (χ2n) is 5.08. The summed E-state index contributed by atoms with van der Waals surface area (Å²) in [4.78, 5) is 0. The maximum atomic E-state index is 5.86. The van der Waals surface area contributed by atoms with E-state index in [0.717, 1.165) is 5.92 Å². The summed E-state index contributed by atoms with van der Waals surface area (Å²) in [7, 11) is 0. The molecule has 0 bridgehead atoms. The van der Waals surface area contributed by atoms with Gasteiger partial charge >= 0.3 is 0 Å². The molecule has 0 spiro atoms. The quantitative estimate of drug-likeness (QED) is 0.855. The third-order valence-corrected chi connectivity index (χ3v) is 4.03. The largest absolute Gasteiger partial charge is 0.326 e. The predicted octanol–water partition coefficient (Wildman–Crippen LogP) is 4.08. The van der Waals surface area contributed by atoms with Crippen molar-refractivity contribution >= 4 is 0 Å². The molecule has 0 atom stereocenters. The second kappa shape index (κ2) is 4.95. The third kappa shape index (κ3) is 1.95. The summed E-state index contributed by atoms with van der Waals surface area (Å²) < 4.78 is 0. The van der Waals surface area contributed by atoms with E-state index < -0.39 is 0 Å². The maximum Gasteiger partial charge on any atom is 0.0184 e. The lowest BCUT2D eigenvalue weighted by Gasteiger charge is -2.28. The Morgan fingerprint density at radius 3 is 2.22 bits per heavy atom. The molecular formula is C17H19N. The van der Waals surface area contributed by atoms with Gasteiger partial charge in [0, 0.05) is 6.54 Å². The Kier molecular flexibility index (Phi) is 3.16. The van der Waals surface area contributed by atoms with Crippen LogP contribution in [-0.4, -0.2) is 0 Å². The van der Waals surface area contributed by atoms with Crippen LogP contribution in [0.2, 0.25) is 0 Å². The smallest absolute Gasteiger partial charge is 0.0184 e. The van der Waals surface area contributed by atoms with Gasteiger partial charge in [-0.1, -0.05) is 55.0 Å². The van der Waals surface area contributed by atoms with Crippen LogP contribution >= 0.6 is 0 Å². The summed E-state index contributed by atoms with van der Waals surface area (Å²) in [5.74, 6) is 0.757. The van der Waals surface area contributed by atoms with Crippen LogP contribution in [0.1, 0.15) is 36.3 Å². The fourth-order valence-corrected chi connectivity index (χ4v) is 2.78. The van der Waals surface area contributed by atoms with E-state index in [-0.39, 0.29) is 0 Å². The van der Waals surface area contributed by atoms with E-state index in [9.17, 15) is 0 Å². The van der Waals surface area contributed by atoms with E-state index in [1.54, 1.807) is 0 Å². The van der Waals surface area contributed by atoms with Crippen molar-refractivity contribution in [2.75, 3.05) is 0 Å². The molecule has 1 fully saturated rings. The zero-order chi connectivity index (χ0) is 12.4. The predicted molar refractivity (Wildman–Crippen MR) is 76.4 cm³/mol. The van der Waals surface area contributed by atoms with E-state index in [1.807, 2.05) is 0 Å². The van der Waals surface area contributed by atoms with Crippen molar-refractivity contribution in [2.24, 2.45) is 5.73 Å². The maximum absolute atomic E-state index is 5.86. The Hall–Kier alpha value is -1.60. The molecule has 2 aromatic carbocycles. The zero-order valence-electron chi connectivity index (χ0n) is 10.6. The fourth-order valence-electron chi connectivity index (χ4n) is 2.78. The lowest BCUT2D eigenvalue weighted by atomic mass is 9.77. The second-order valence-corrected chi connectivity index (χ2v) is 5.08. The molecule has 0 aromatic heterocycles. The molecule has 0 unspecified atom stereocenters. The van der Waals surface area contributed by atoms with Crippen molar-refractivity contribution in [3.63, 3.8) is 0 Å². The van der Waals surface area contributed by atoms with E-state index >= 15 is 0 Å². The number of nitrogens with two attached hydrogens (primary N) is 1. The minimum atomic E-state index is 0.606. The summed E-state index contributed by atoms with van der Waals surface area (Å²) in [5, 5.41) is 0. The van der Waals surface area contributed by atoms with Crippen LogP contribution in [0.4, 0.5) is 0 Å². The van der Waals surface area contributed by atoms with Gasteiger partial charge < -0.3 is 5.73 Å². The van der Waals surface area contributed by atoms with Gasteiger partial charge in [0.25, 0.3) is 0 Å². The monoisotopic (exact) mass is 237 g/mol. The molecule has 3 rings (SSSR count). The first-order valence-corrected chi connectivity index (χ1v) is 6.77. The summed E-state index contributed by atoms with van der Waals surface area (Å²) in [6, 6.07) is 17.3. The lowest BCUT2D eigenvalue weighted by molar-refractivity contribution is 0.420. The summed E-state index contributed by atoms with van der Waals surface area (Å²) >= 11 is 0. The van der Waals surface area contributed by atoms with Crippen molar-refractivity contribution in [1.82, 2.24) is 0 Å². The Balaban J connectivity index is 2.10. The minimum Gasteiger partial charge on any atom is -0.326 e. The standard InChI is InChI=1S/C17H19N/c18-12-14-6-1-2-10-16(14)17-11-4-3-9-15(17)13-7-5-8-13/h1-4,6,9-11,13H,5,7-8,12,18H2. The molecule has 0 amide bonds. The molecule has 0 heterocycles. The van der Waals surface area contributed by atoms with Crippen LogP contribution in [0.15, 0.2) is 48.5 Å². The van der Waals surface area contributed by atoms with Gasteiger partial charge in [-0.15, -0.1) is 0 Å². The van der Waals surface area contributed by atoms with Gasteiger partial charge in [0.1, 0.15) is 0 Å². The molecule has 18 heavy (non-hydrogen) atoms. The average molecular weight is 237 g/mol. The fraction of sp³-hybridized carbons (Fsp3) is 0.294. The Morgan fingerprint density at radius 1 is 0.889 bits per heavy atom. The lowest BCUT2D eigenvalue weighted by Crippen LogP contribution is -2.10. The van der Waals surface area contributed by atoms with E-state index in [2.05, 4.69) is 48.5 Å². The molecule has 2 aromatic rings. The van der Waals surface area contributed by atoms with Crippen LogP contribution in [0, 0.1) is 0 Å². The molecular weight excluding hydrogens is 218 g/mol. The first kappa shape index (κ1) is 11.5. The van der Waals surface area contributed by atoms with Gasteiger partial charge in [0.2, 0.25) is 0 Å². The summed E-state index contributed by atoms with van der Waals surface area (Å²) in [6.07, 6.45) is 4.04. The minimum absolute atomic E-state index is 0.606. The highest BCUT2D eigenvalue weighted by Crippen LogP contribution is 2.41. The molecule has 1 nitrogen and oxygen atoms in total. The molecule has 0 radical (unpaired) electrons. The molecule has 0 saturated heterocycles. The molecule has 2 N–H and O–H groups in total. The average Bonchev–Trinajstić information content (AvgIpc) is 2.37. The Morgan fingerprint density at radius 2 is 1.56 bits per heavy atom. The van der Waals surface area contributed by atoms with Crippen LogP contribution in [-0.2, 0) is 6.54 Å². The van der Waals surface area contributed by atoms with Gasteiger partial charge in [-0.3, -0.25) is 0 Å². The normalized spacial score (nSPS) is 15.4. The SMILES string of the molecule is NCc1ccccc1-c1ccccc1C1CCC1. The zero-order valence-corrected chi connectivity index (χ0v) is 10.6. The first-order valence-electron chi connectivity index (χ1n) is 6.77. The van der Waals surface area contributed by atoms with Crippen LogP contribution in [0.25, 0.3) is 11.1 Å². The number of hydrogen-bond acceptors (Lipinski definition) is 1. The summed E-state index contributed by atoms with van der Waals surface area (Å²) in [6.45, 7) is 0.606. The van der Waals surface area contributed by atoms with Crippen molar-refractivity contribution in [2.45, 2.75) is 31.7 Å². The van der Waals surface area contributed by atoms with E-state index in [4.69, 9.17) is 5.73 Å². The molecule has 1 aliphatic rings. The van der Waals surface area contributed by atoms with E-state index in [0.29, 0.717) is 6.54 Å². The third-order valence-electron chi connectivity index (χ3n) is 4.03. The van der Waals surface area contributed by atoms with Crippen molar-refractivity contribution < 1.29 is 0 Å². The molecule has 1 saturated carbocycles. The van der Waals surface area contributed by atoms with Gasteiger partial charge in [-0.2, -0.15) is 0 Å². The van der Waals surface area contributed by atoms with Crippen LogP contribution in [0.5, 0.6) is 0 Å². The Bertz CT molecular complexity index is 541. The molecule has 0 aliphatic heterocycles. The van der Waals surface area contributed by atoms with Gasteiger partial charge in [-0.05, 0) is 41.0 Å². The number of benzene rings is 2. The molecule has 92 valence electrons. The van der Waals surface area contributed by atoms with Gasteiger partial charge in [-0.25, -0.2) is 0 Å². The van der Waals surface area contributed by atoms with Gasteiger partial charge in [0.15, 0.2) is 0 Å². The number of hydrogen-bond donors (Lipinski definition) is 1. The van der Waals surface area contributed by atoms with E-state index in [1.165, 1.54) is 41.5 Å². The van der Waals surface area contributed by atoms with Crippen LogP contribution < -0.4 is 5.73 Å². The highest BCUT2D eigenvalue weighted by atomic mass is 14.5. The van der Waals surface area contributed by atoms with Crippen molar-refractivity contribution in [3.8, 4) is 11.1 Å². The molecule has 1 aliphatic carbocycles. The Labute approximate surface area is 109 Å². The highest BCUT2D eigenvalue weighted by Gasteiger charge is 2.22.